The minimum absolute atomic E-state index is 0.262. The van der Waals surface area contributed by atoms with Gasteiger partial charge >= 0.3 is 0 Å². The summed E-state index contributed by atoms with van der Waals surface area (Å²) in [6.45, 7) is 0. The quantitative estimate of drug-likeness (QED) is 0.615. The monoisotopic (exact) mass is 404 g/mol. The molecule has 0 aliphatic heterocycles. The molecule has 3 rings (SSSR count). The molecule has 0 saturated carbocycles. The standard InChI is InChI=1S/C20H18Cl2N2OS/c21-16-9-7-13(11-17(16)22)8-10-19(25)24-20-15(12-23)14-5-3-1-2-4-6-18(14)26-20/h7-11H,1-6H2,(H,24,25)/b10-8+. The van der Waals surface area contributed by atoms with Gasteiger partial charge in [-0.3, -0.25) is 4.79 Å². The highest BCUT2D eigenvalue weighted by Crippen LogP contribution is 2.36. The first-order chi connectivity index (χ1) is 12.6. The Hall–Kier alpha value is -1.80. The first-order valence-electron chi connectivity index (χ1n) is 8.57. The van der Waals surface area contributed by atoms with Crippen LogP contribution >= 0.6 is 34.5 Å². The number of carbonyl (C=O) groups excluding carboxylic acids is 1. The van der Waals surface area contributed by atoms with Crippen molar-refractivity contribution in [3.05, 3.63) is 55.9 Å². The molecule has 3 nitrogen and oxygen atoms in total. The van der Waals surface area contributed by atoms with Crippen LogP contribution in [0, 0.1) is 11.3 Å². The third-order valence-electron chi connectivity index (χ3n) is 4.39. The first kappa shape index (κ1) is 19.0. The average Bonchev–Trinajstić information content (AvgIpc) is 2.91. The number of thiophene rings is 1. The zero-order valence-corrected chi connectivity index (χ0v) is 16.5. The lowest BCUT2D eigenvalue weighted by atomic mass is 9.97. The summed E-state index contributed by atoms with van der Waals surface area (Å²) in [5, 5.41) is 14.0. The number of nitrogens with zero attached hydrogens (tertiary/aromatic N) is 1. The maximum atomic E-state index is 12.3. The Morgan fingerprint density at radius 3 is 2.65 bits per heavy atom. The fraction of sp³-hybridized carbons (Fsp3) is 0.300. The summed E-state index contributed by atoms with van der Waals surface area (Å²) in [5.41, 5.74) is 2.54. The second-order valence-electron chi connectivity index (χ2n) is 6.23. The molecular weight excluding hydrogens is 387 g/mol. The van der Waals surface area contributed by atoms with Crippen molar-refractivity contribution in [1.29, 1.82) is 5.26 Å². The van der Waals surface area contributed by atoms with Gasteiger partial charge in [-0.1, -0.05) is 42.1 Å². The summed E-state index contributed by atoms with van der Waals surface area (Å²) in [6.07, 6.45) is 9.70. The van der Waals surface area contributed by atoms with Gasteiger partial charge in [0, 0.05) is 11.0 Å². The molecule has 0 atom stereocenters. The normalized spacial score (nSPS) is 14.3. The van der Waals surface area contributed by atoms with Crippen LogP contribution in [0.5, 0.6) is 0 Å². The molecule has 2 aromatic rings. The lowest BCUT2D eigenvalue weighted by molar-refractivity contribution is -0.111. The van der Waals surface area contributed by atoms with Gasteiger partial charge in [0.1, 0.15) is 11.1 Å². The van der Waals surface area contributed by atoms with E-state index < -0.39 is 0 Å². The Morgan fingerprint density at radius 1 is 1.15 bits per heavy atom. The number of fused-ring (bicyclic) bond motifs is 1. The zero-order valence-electron chi connectivity index (χ0n) is 14.1. The number of halogens is 2. The number of hydrogen-bond donors (Lipinski definition) is 1. The molecule has 1 aliphatic carbocycles. The number of hydrogen-bond acceptors (Lipinski definition) is 3. The van der Waals surface area contributed by atoms with E-state index in [1.165, 1.54) is 35.1 Å². The number of carbonyl (C=O) groups is 1. The molecule has 1 N–H and O–H groups in total. The minimum Gasteiger partial charge on any atom is -0.313 e. The summed E-state index contributed by atoms with van der Waals surface area (Å²) in [6, 6.07) is 7.46. The molecule has 1 aromatic carbocycles. The largest absolute Gasteiger partial charge is 0.313 e. The molecular formula is C20H18Cl2N2OS. The van der Waals surface area contributed by atoms with Crippen molar-refractivity contribution >= 4 is 51.5 Å². The topological polar surface area (TPSA) is 52.9 Å². The minimum atomic E-state index is -0.262. The molecule has 0 bridgehead atoms. The van der Waals surface area contributed by atoms with Crippen LogP contribution in [0.3, 0.4) is 0 Å². The van der Waals surface area contributed by atoms with E-state index in [0.29, 0.717) is 20.6 Å². The van der Waals surface area contributed by atoms with E-state index in [-0.39, 0.29) is 5.91 Å². The van der Waals surface area contributed by atoms with Gasteiger partial charge in [0.2, 0.25) is 5.91 Å². The summed E-state index contributed by atoms with van der Waals surface area (Å²) in [7, 11) is 0. The molecule has 1 aliphatic rings. The van der Waals surface area contributed by atoms with Gasteiger partial charge in [0.15, 0.2) is 0 Å². The number of rotatable bonds is 3. The van der Waals surface area contributed by atoms with Gasteiger partial charge in [0.25, 0.3) is 0 Å². The Kier molecular flexibility index (Phi) is 6.37. The van der Waals surface area contributed by atoms with Gasteiger partial charge in [-0.05, 0) is 55.0 Å². The fourth-order valence-corrected chi connectivity index (χ4v) is 4.62. The third-order valence-corrected chi connectivity index (χ3v) is 6.34. The third kappa shape index (κ3) is 4.48. The first-order valence-corrected chi connectivity index (χ1v) is 10.1. The van der Waals surface area contributed by atoms with Crippen molar-refractivity contribution < 1.29 is 4.79 Å². The van der Waals surface area contributed by atoms with E-state index in [2.05, 4.69) is 11.4 Å². The maximum Gasteiger partial charge on any atom is 0.249 e. The van der Waals surface area contributed by atoms with Crippen LogP contribution < -0.4 is 5.32 Å². The van der Waals surface area contributed by atoms with Crippen molar-refractivity contribution in [2.45, 2.75) is 38.5 Å². The molecule has 1 amide bonds. The summed E-state index contributed by atoms with van der Waals surface area (Å²) >= 11 is 13.4. The Balaban J connectivity index is 1.76. The predicted octanol–water partition coefficient (Wildman–Crippen LogP) is 6.24. The number of anilines is 1. The van der Waals surface area contributed by atoms with E-state index in [1.807, 2.05) is 0 Å². The number of nitriles is 1. The van der Waals surface area contributed by atoms with Crippen molar-refractivity contribution in [3.8, 4) is 6.07 Å². The van der Waals surface area contributed by atoms with Crippen molar-refractivity contribution in [3.63, 3.8) is 0 Å². The van der Waals surface area contributed by atoms with Crippen LogP contribution in [0.4, 0.5) is 5.00 Å². The highest BCUT2D eigenvalue weighted by atomic mass is 35.5. The molecule has 0 spiro atoms. The second-order valence-corrected chi connectivity index (χ2v) is 8.15. The molecule has 26 heavy (non-hydrogen) atoms. The molecule has 1 aromatic heterocycles. The van der Waals surface area contributed by atoms with E-state index in [1.54, 1.807) is 24.3 Å². The smallest absolute Gasteiger partial charge is 0.249 e. The van der Waals surface area contributed by atoms with Crippen molar-refractivity contribution in [2.75, 3.05) is 5.32 Å². The van der Waals surface area contributed by atoms with Crippen molar-refractivity contribution in [1.82, 2.24) is 0 Å². The van der Waals surface area contributed by atoms with Crippen LogP contribution in [0.15, 0.2) is 24.3 Å². The van der Waals surface area contributed by atoms with Crippen LogP contribution in [-0.2, 0) is 17.6 Å². The van der Waals surface area contributed by atoms with Crippen LogP contribution in [0.1, 0.15) is 47.3 Å². The maximum absolute atomic E-state index is 12.3. The molecule has 0 unspecified atom stereocenters. The Morgan fingerprint density at radius 2 is 1.92 bits per heavy atom. The predicted molar refractivity (Wildman–Crippen MR) is 109 cm³/mol. The number of nitrogens with one attached hydrogen (secondary N) is 1. The lowest BCUT2D eigenvalue weighted by Gasteiger charge is -2.08. The van der Waals surface area contributed by atoms with E-state index in [0.717, 1.165) is 36.8 Å². The van der Waals surface area contributed by atoms with Gasteiger partial charge in [-0.2, -0.15) is 5.26 Å². The molecule has 0 radical (unpaired) electrons. The Bertz CT molecular complexity index is 896. The van der Waals surface area contributed by atoms with E-state index in [9.17, 15) is 10.1 Å². The zero-order chi connectivity index (χ0) is 18.5. The SMILES string of the molecule is N#Cc1c(NC(=O)/C=C/c2ccc(Cl)c(Cl)c2)sc2c1CCCCCC2. The molecule has 6 heteroatoms. The van der Waals surface area contributed by atoms with Gasteiger partial charge in [-0.25, -0.2) is 0 Å². The highest BCUT2D eigenvalue weighted by Gasteiger charge is 2.19. The molecule has 0 fully saturated rings. The van der Waals surface area contributed by atoms with E-state index in [4.69, 9.17) is 23.2 Å². The number of amides is 1. The number of aryl methyl sites for hydroxylation is 1. The van der Waals surface area contributed by atoms with Gasteiger partial charge < -0.3 is 5.32 Å². The summed E-state index contributed by atoms with van der Waals surface area (Å²) < 4.78 is 0. The van der Waals surface area contributed by atoms with E-state index >= 15 is 0 Å². The second kappa shape index (κ2) is 8.73. The molecule has 1 heterocycles. The van der Waals surface area contributed by atoms with Crippen molar-refractivity contribution in [2.24, 2.45) is 0 Å². The lowest BCUT2D eigenvalue weighted by Crippen LogP contribution is -2.07. The fourth-order valence-electron chi connectivity index (χ4n) is 3.07. The van der Waals surface area contributed by atoms with Crippen LogP contribution in [-0.4, -0.2) is 5.91 Å². The molecule has 0 saturated heterocycles. The van der Waals surface area contributed by atoms with Crippen LogP contribution in [0.25, 0.3) is 6.08 Å². The Labute approximate surface area is 167 Å². The summed E-state index contributed by atoms with van der Waals surface area (Å²) in [5.74, 6) is -0.262. The van der Waals surface area contributed by atoms with Gasteiger partial charge in [-0.15, -0.1) is 11.3 Å². The molecule has 134 valence electrons. The van der Waals surface area contributed by atoms with Gasteiger partial charge in [0.05, 0.1) is 15.6 Å². The highest BCUT2D eigenvalue weighted by molar-refractivity contribution is 7.16. The average molecular weight is 405 g/mol. The number of benzene rings is 1. The van der Waals surface area contributed by atoms with Crippen LogP contribution in [0.2, 0.25) is 10.0 Å². The summed E-state index contributed by atoms with van der Waals surface area (Å²) in [4.78, 5) is 13.5.